The fourth-order valence-corrected chi connectivity index (χ4v) is 6.33. The molecule has 3 aromatic rings. The van der Waals surface area contributed by atoms with Gasteiger partial charge in [-0.1, -0.05) is 110 Å². The van der Waals surface area contributed by atoms with Gasteiger partial charge in [0.25, 0.3) is 0 Å². The lowest BCUT2D eigenvalue weighted by Crippen LogP contribution is -2.24. The van der Waals surface area contributed by atoms with Crippen molar-refractivity contribution in [2.75, 3.05) is 0 Å². The molecule has 0 aliphatic heterocycles. The maximum Gasteiger partial charge on any atom is 0.343 e. The molecule has 2 aromatic carbocycles. The van der Waals surface area contributed by atoms with Gasteiger partial charge in [0, 0.05) is 28.9 Å². The highest BCUT2D eigenvalue weighted by Gasteiger charge is 2.41. The van der Waals surface area contributed by atoms with E-state index in [9.17, 15) is 9.59 Å². The highest BCUT2D eigenvalue weighted by atomic mass is 16.5. The van der Waals surface area contributed by atoms with Crippen molar-refractivity contribution in [3.05, 3.63) is 77.1 Å². The molecule has 0 fully saturated rings. The number of aromatic nitrogens is 2. The highest BCUT2D eigenvalue weighted by Crippen LogP contribution is 2.41. The molecular formula is C39H52N2O3. The summed E-state index contributed by atoms with van der Waals surface area (Å²) in [7, 11) is 0. The number of hydrogen-bond acceptors (Lipinski definition) is 5. The summed E-state index contributed by atoms with van der Waals surface area (Å²) in [4.78, 5) is 35.5. The lowest BCUT2D eigenvalue weighted by atomic mass is 9.81. The number of ketones is 1. The van der Waals surface area contributed by atoms with E-state index in [-0.39, 0.29) is 11.2 Å². The quantitative estimate of drug-likeness (QED) is 0.0782. The van der Waals surface area contributed by atoms with E-state index in [4.69, 9.17) is 4.74 Å². The predicted octanol–water partition coefficient (Wildman–Crippen LogP) is 10.5. The Hall–Kier alpha value is -3.34. The predicted molar refractivity (Wildman–Crippen MR) is 179 cm³/mol. The molecule has 5 heteroatoms. The highest BCUT2D eigenvalue weighted by molar-refractivity contribution is 6.06. The van der Waals surface area contributed by atoms with Crippen molar-refractivity contribution in [1.82, 2.24) is 9.97 Å². The molecule has 4 rings (SSSR count). The van der Waals surface area contributed by atoms with Gasteiger partial charge in [0.15, 0.2) is 11.6 Å². The summed E-state index contributed by atoms with van der Waals surface area (Å²) in [6, 6.07) is 12.7. The van der Waals surface area contributed by atoms with E-state index in [1.165, 1.54) is 89.0 Å². The Kier molecular flexibility index (Phi) is 13.1. The van der Waals surface area contributed by atoms with E-state index in [1.54, 1.807) is 24.3 Å². The summed E-state index contributed by atoms with van der Waals surface area (Å²) < 4.78 is 5.67. The van der Waals surface area contributed by atoms with Crippen molar-refractivity contribution in [3.8, 4) is 17.1 Å². The topological polar surface area (TPSA) is 69.2 Å². The van der Waals surface area contributed by atoms with Gasteiger partial charge in [0.1, 0.15) is 5.75 Å². The number of fused-ring (bicyclic) bond motifs is 1. The van der Waals surface area contributed by atoms with Crippen LogP contribution in [0.4, 0.5) is 0 Å². The zero-order chi connectivity index (χ0) is 31.2. The number of unbranched alkanes of at least 4 members (excludes halogenated alkanes) is 12. The molecule has 0 radical (unpaired) electrons. The summed E-state index contributed by atoms with van der Waals surface area (Å²) in [5.74, 6) is 0.803. The number of carbonyl (C=O) groups is 2. The minimum Gasteiger partial charge on any atom is -0.423 e. The first kappa shape index (κ1) is 33.6. The van der Waals surface area contributed by atoms with Gasteiger partial charge in [-0.25, -0.2) is 14.8 Å². The standard InChI is InChI=1S/C39H52N2O3/c1-4-6-8-10-12-13-14-16-18-30-28-40-37(41-29-30)31-21-23-34(24-22-31)44-38(43)32-19-20-33-27-39(3,36(42)35(33)26-32)25-17-15-11-9-7-5-2/h19-24,26,28-29H,4-18,25,27H2,1-3H3. The SMILES string of the molecule is CCCCCCCCCCc1cnc(-c2ccc(OC(=O)c3ccc4c(c3)C(=O)C(C)(CCCCCCCC)C4)cc2)nc1. The Morgan fingerprint density at radius 1 is 0.773 bits per heavy atom. The van der Waals surface area contributed by atoms with Gasteiger partial charge < -0.3 is 4.74 Å². The first-order valence-corrected chi connectivity index (χ1v) is 17.2. The second kappa shape index (κ2) is 17.2. The van der Waals surface area contributed by atoms with Crippen LogP contribution in [0.25, 0.3) is 11.4 Å². The van der Waals surface area contributed by atoms with E-state index >= 15 is 0 Å². The van der Waals surface area contributed by atoms with Crippen LogP contribution < -0.4 is 4.74 Å². The minimum absolute atomic E-state index is 0.156. The zero-order valence-corrected chi connectivity index (χ0v) is 27.3. The van der Waals surface area contributed by atoms with Crippen molar-refractivity contribution in [3.63, 3.8) is 0 Å². The number of nitrogens with zero attached hydrogens (tertiary/aromatic N) is 2. The fourth-order valence-electron chi connectivity index (χ4n) is 6.33. The van der Waals surface area contributed by atoms with Crippen LogP contribution in [-0.4, -0.2) is 21.7 Å². The monoisotopic (exact) mass is 596 g/mol. The molecule has 236 valence electrons. The van der Waals surface area contributed by atoms with E-state index in [0.29, 0.717) is 22.7 Å². The van der Waals surface area contributed by atoms with Crippen molar-refractivity contribution in [2.45, 2.75) is 130 Å². The Bertz CT molecular complexity index is 1330. The number of hydrogen-bond donors (Lipinski definition) is 0. The maximum atomic E-state index is 13.4. The maximum absolute atomic E-state index is 13.4. The molecule has 0 amide bonds. The average Bonchev–Trinajstić information content (AvgIpc) is 3.29. The molecule has 0 N–H and O–H groups in total. The lowest BCUT2D eigenvalue weighted by Gasteiger charge is -2.21. The van der Waals surface area contributed by atoms with Gasteiger partial charge >= 0.3 is 5.97 Å². The summed E-state index contributed by atoms with van der Waals surface area (Å²) in [5.41, 5.74) is 3.77. The number of Topliss-reactive ketones (excluding diaryl/α,β-unsaturated/α-hetero) is 1. The van der Waals surface area contributed by atoms with Gasteiger partial charge in [-0.15, -0.1) is 0 Å². The Balaban J connectivity index is 1.25. The van der Waals surface area contributed by atoms with Crippen molar-refractivity contribution in [2.24, 2.45) is 5.41 Å². The number of aryl methyl sites for hydroxylation is 1. The van der Waals surface area contributed by atoms with Crippen molar-refractivity contribution >= 4 is 11.8 Å². The van der Waals surface area contributed by atoms with Crippen LogP contribution in [0.2, 0.25) is 0 Å². The number of esters is 1. The van der Waals surface area contributed by atoms with Crippen LogP contribution in [0.5, 0.6) is 5.75 Å². The third-order valence-electron chi connectivity index (χ3n) is 9.15. The molecule has 1 heterocycles. The number of rotatable bonds is 19. The molecule has 1 unspecified atom stereocenters. The molecule has 0 spiro atoms. The molecule has 0 saturated carbocycles. The van der Waals surface area contributed by atoms with Gasteiger partial charge in [-0.3, -0.25) is 4.79 Å². The molecular weight excluding hydrogens is 544 g/mol. The smallest absolute Gasteiger partial charge is 0.343 e. The van der Waals surface area contributed by atoms with Crippen molar-refractivity contribution < 1.29 is 14.3 Å². The Morgan fingerprint density at radius 2 is 1.36 bits per heavy atom. The molecule has 1 aromatic heterocycles. The molecule has 0 bridgehead atoms. The van der Waals surface area contributed by atoms with Crippen LogP contribution in [0.15, 0.2) is 54.9 Å². The van der Waals surface area contributed by atoms with Gasteiger partial charge in [0.2, 0.25) is 0 Å². The van der Waals surface area contributed by atoms with Crippen LogP contribution in [0.1, 0.15) is 149 Å². The second-order valence-corrected chi connectivity index (χ2v) is 13.0. The molecule has 1 atom stereocenters. The normalized spacial score (nSPS) is 15.8. The molecule has 44 heavy (non-hydrogen) atoms. The fraction of sp³-hybridized carbons (Fsp3) is 0.538. The largest absolute Gasteiger partial charge is 0.423 e. The lowest BCUT2D eigenvalue weighted by molar-refractivity contribution is 0.0734. The van der Waals surface area contributed by atoms with E-state index in [1.807, 2.05) is 30.6 Å². The summed E-state index contributed by atoms with van der Waals surface area (Å²) in [6.07, 6.45) is 24.2. The summed E-state index contributed by atoms with van der Waals surface area (Å²) in [5, 5.41) is 0. The van der Waals surface area contributed by atoms with Crippen LogP contribution in [0, 0.1) is 5.41 Å². The zero-order valence-electron chi connectivity index (χ0n) is 27.3. The van der Waals surface area contributed by atoms with E-state index in [2.05, 4.69) is 30.7 Å². The molecule has 1 aliphatic rings. The number of ether oxygens (including phenoxy) is 1. The number of carbonyl (C=O) groups excluding carboxylic acids is 2. The van der Waals surface area contributed by atoms with E-state index < -0.39 is 5.97 Å². The summed E-state index contributed by atoms with van der Waals surface area (Å²) in [6.45, 7) is 6.56. The number of benzene rings is 2. The van der Waals surface area contributed by atoms with Gasteiger partial charge in [-0.2, -0.15) is 0 Å². The second-order valence-electron chi connectivity index (χ2n) is 13.0. The minimum atomic E-state index is -0.459. The summed E-state index contributed by atoms with van der Waals surface area (Å²) >= 11 is 0. The Labute approximate surface area is 265 Å². The Morgan fingerprint density at radius 3 is 2.00 bits per heavy atom. The third kappa shape index (κ3) is 9.58. The average molecular weight is 597 g/mol. The molecule has 0 saturated heterocycles. The molecule has 5 nitrogen and oxygen atoms in total. The molecule has 1 aliphatic carbocycles. The van der Waals surface area contributed by atoms with Crippen LogP contribution in [0.3, 0.4) is 0 Å². The van der Waals surface area contributed by atoms with E-state index in [0.717, 1.165) is 36.8 Å². The van der Waals surface area contributed by atoms with Crippen LogP contribution >= 0.6 is 0 Å². The van der Waals surface area contributed by atoms with Crippen molar-refractivity contribution in [1.29, 1.82) is 0 Å². The van der Waals surface area contributed by atoms with Crippen LogP contribution in [-0.2, 0) is 12.8 Å². The third-order valence-corrected chi connectivity index (χ3v) is 9.15. The first-order chi connectivity index (χ1) is 21.4. The first-order valence-electron chi connectivity index (χ1n) is 17.2. The van der Waals surface area contributed by atoms with Gasteiger partial charge in [0.05, 0.1) is 5.56 Å². The van der Waals surface area contributed by atoms with Gasteiger partial charge in [-0.05, 0) is 73.2 Å².